The summed E-state index contributed by atoms with van der Waals surface area (Å²) in [6.45, 7) is 7.93. The van der Waals surface area contributed by atoms with Crippen molar-refractivity contribution in [2.75, 3.05) is 13.1 Å². The molecule has 5 nitrogen and oxygen atoms in total. The molecule has 1 aromatic rings. The maximum atomic E-state index is 13.0. The molecule has 2 N–H and O–H groups in total. The van der Waals surface area contributed by atoms with Crippen LogP contribution in [0.3, 0.4) is 0 Å². The molecule has 3 rings (SSSR count). The maximum absolute atomic E-state index is 13.0. The number of piperidine rings is 1. The van der Waals surface area contributed by atoms with Gasteiger partial charge in [-0.3, -0.25) is 4.90 Å². The van der Waals surface area contributed by atoms with Gasteiger partial charge in [-0.1, -0.05) is 30.3 Å². The number of rotatable bonds is 3. The summed E-state index contributed by atoms with van der Waals surface area (Å²) >= 11 is 0. The van der Waals surface area contributed by atoms with E-state index in [-0.39, 0.29) is 23.6 Å². The molecule has 144 valence electrons. The lowest BCUT2D eigenvalue weighted by atomic mass is 9.98. The Hall–Kier alpha value is -1.59. The van der Waals surface area contributed by atoms with E-state index in [2.05, 4.69) is 17.4 Å². The minimum atomic E-state index is -0.601. The van der Waals surface area contributed by atoms with E-state index in [1.54, 1.807) is 0 Å². The highest BCUT2D eigenvalue weighted by molar-refractivity contribution is 5.69. The van der Waals surface area contributed by atoms with Crippen molar-refractivity contribution in [1.29, 1.82) is 0 Å². The zero-order valence-corrected chi connectivity index (χ0v) is 16.1. The third-order valence-electron chi connectivity index (χ3n) is 5.55. The fourth-order valence-corrected chi connectivity index (χ4v) is 4.31. The van der Waals surface area contributed by atoms with Crippen LogP contribution in [0.4, 0.5) is 4.79 Å². The number of hydrogen-bond donors (Lipinski definition) is 2. The molecule has 4 atom stereocenters. The molecule has 1 aliphatic carbocycles. The summed E-state index contributed by atoms with van der Waals surface area (Å²) in [6, 6.07) is 10.3. The molecule has 1 aliphatic heterocycles. The zero-order valence-electron chi connectivity index (χ0n) is 16.1. The molecule has 0 bridgehead atoms. The highest BCUT2D eigenvalue weighted by atomic mass is 16.6. The number of nitrogens with zero attached hydrogens (tertiary/aromatic N) is 1. The SMILES string of the molecule is CC(C)(C)N(C(=O)OC1CC(c2ccccc2)CC1O)C1CCCNC1. The van der Waals surface area contributed by atoms with Crippen molar-refractivity contribution in [3.8, 4) is 0 Å². The van der Waals surface area contributed by atoms with Gasteiger partial charge in [-0.25, -0.2) is 4.79 Å². The maximum Gasteiger partial charge on any atom is 0.410 e. The predicted molar refractivity (Wildman–Crippen MR) is 102 cm³/mol. The number of carbonyl (C=O) groups excluding carboxylic acids is 1. The number of carbonyl (C=O) groups is 1. The largest absolute Gasteiger partial charge is 0.443 e. The molecule has 0 spiro atoms. The summed E-state index contributed by atoms with van der Waals surface area (Å²) in [5, 5.41) is 13.8. The Morgan fingerprint density at radius 3 is 2.58 bits per heavy atom. The third-order valence-corrected chi connectivity index (χ3v) is 5.55. The molecular formula is C21H32N2O3. The fraction of sp³-hybridized carbons (Fsp3) is 0.667. The summed E-state index contributed by atoms with van der Waals surface area (Å²) in [6.07, 6.45) is 2.03. The molecule has 2 aliphatic rings. The van der Waals surface area contributed by atoms with Crippen LogP contribution in [0, 0.1) is 0 Å². The van der Waals surface area contributed by atoms with Crippen LogP contribution in [0.25, 0.3) is 0 Å². The quantitative estimate of drug-likeness (QED) is 0.868. The van der Waals surface area contributed by atoms with Crippen molar-refractivity contribution in [2.45, 2.75) is 76.2 Å². The Labute approximate surface area is 156 Å². The lowest BCUT2D eigenvalue weighted by Crippen LogP contribution is -2.57. The Kier molecular flexibility index (Phi) is 5.88. The summed E-state index contributed by atoms with van der Waals surface area (Å²) < 4.78 is 5.83. The Balaban J connectivity index is 1.67. The van der Waals surface area contributed by atoms with E-state index in [0.717, 1.165) is 25.9 Å². The molecule has 1 saturated heterocycles. The van der Waals surface area contributed by atoms with Crippen LogP contribution in [-0.4, -0.2) is 53.0 Å². The molecule has 4 unspecified atom stereocenters. The first-order valence-electron chi connectivity index (χ1n) is 9.80. The van der Waals surface area contributed by atoms with E-state index in [9.17, 15) is 9.90 Å². The van der Waals surface area contributed by atoms with Gasteiger partial charge in [0, 0.05) is 18.1 Å². The number of nitrogens with one attached hydrogen (secondary N) is 1. The van der Waals surface area contributed by atoms with Crippen molar-refractivity contribution in [3.05, 3.63) is 35.9 Å². The number of hydrogen-bond acceptors (Lipinski definition) is 4. The second kappa shape index (κ2) is 7.97. The monoisotopic (exact) mass is 360 g/mol. The Bertz CT molecular complexity index is 593. The molecular weight excluding hydrogens is 328 g/mol. The summed E-state index contributed by atoms with van der Waals surface area (Å²) in [7, 11) is 0. The second-order valence-electron chi connectivity index (χ2n) is 8.61. The topological polar surface area (TPSA) is 61.8 Å². The number of aliphatic hydroxyl groups is 1. The fourth-order valence-electron chi connectivity index (χ4n) is 4.31. The summed E-state index contributed by atoms with van der Waals surface area (Å²) in [5.41, 5.74) is 0.887. The van der Waals surface area contributed by atoms with E-state index in [1.807, 2.05) is 43.9 Å². The van der Waals surface area contributed by atoms with Gasteiger partial charge in [-0.05, 0) is 64.5 Å². The van der Waals surface area contributed by atoms with E-state index in [0.29, 0.717) is 12.8 Å². The molecule has 26 heavy (non-hydrogen) atoms. The van der Waals surface area contributed by atoms with E-state index in [1.165, 1.54) is 5.56 Å². The predicted octanol–water partition coefficient (Wildman–Crippen LogP) is 3.28. The first-order chi connectivity index (χ1) is 12.4. The van der Waals surface area contributed by atoms with Crippen LogP contribution < -0.4 is 5.32 Å². The Morgan fingerprint density at radius 1 is 1.23 bits per heavy atom. The molecule has 0 radical (unpaired) electrons. The minimum Gasteiger partial charge on any atom is -0.443 e. The number of amides is 1. The van der Waals surface area contributed by atoms with Gasteiger partial charge >= 0.3 is 6.09 Å². The van der Waals surface area contributed by atoms with Gasteiger partial charge in [0.25, 0.3) is 0 Å². The summed E-state index contributed by atoms with van der Waals surface area (Å²) in [4.78, 5) is 14.9. The van der Waals surface area contributed by atoms with Gasteiger partial charge in [0.05, 0.1) is 6.10 Å². The zero-order chi connectivity index (χ0) is 18.7. The van der Waals surface area contributed by atoms with Crippen LogP contribution in [0.5, 0.6) is 0 Å². The van der Waals surface area contributed by atoms with Crippen LogP contribution >= 0.6 is 0 Å². The highest BCUT2D eigenvalue weighted by Gasteiger charge is 2.40. The highest BCUT2D eigenvalue weighted by Crippen LogP contribution is 2.37. The van der Waals surface area contributed by atoms with Crippen LogP contribution in [0.2, 0.25) is 0 Å². The van der Waals surface area contributed by atoms with Crippen LogP contribution in [0.15, 0.2) is 30.3 Å². The molecule has 1 heterocycles. The van der Waals surface area contributed by atoms with Gasteiger partial charge in [0.15, 0.2) is 0 Å². The van der Waals surface area contributed by atoms with Crippen LogP contribution in [-0.2, 0) is 4.74 Å². The van der Waals surface area contributed by atoms with Crippen molar-refractivity contribution in [3.63, 3.8) is 0 Å². The lowest BCUT2D eigenvalue weighted by Gasteiger charge is -2.43. The van der Waals surface area contributed by atoms with Crippen molar-refractivity contribution in [2.24, 2.45) is 0 Å². The molecule has 2 fully saturated rings. The Morgan fingerprint density at radius 2 is 1.96 bits per heavy atom. The minimum absolute atomic E-state index is 0.139. The average Bonchev–Trinajstić information content (AvgIpc) is 2.96. The molecule has 0 aromatic heterocycles. The van der Waals surface area contributed by atoms with Crippen molar-refractivity contribution in [1.82, 2.24) is 10.2 Å². The van der Waals surface area contributed by atoms with E-state index in [4.69, 9.17) is 4.74 Å². The number of benzene rings is 1. The molecule has 1 amide bonds. The van der Waals surface area contributed by atoms with E-state index < -0.39 is 12.2 Å². The van der Waals surface area contributed by atoms with Crippen LogP contribution in [0.1, 0.15) is 57.9 Å². The lowest BCUT2D eigenvalue weighted by molar-refractivity contribution is -0.0196. The normalized spacial score (nSPS) is 29.4. The number of ether oxygens (including phenoxy) is 1. The third kappa shape index (κ3) is 4.38. The standard InChI is InChI=1S/C21H32N2O3/c1-21(2,3)23(17-10-7-11-22-14-17)20(25)26-19-13-16(12-18(19)24)15-8-5-4-6-9-15/h4-6,8-9,16-19,22,24H,7,10-14H2,1-3H3. The van der Waals surface area contributed by atoms with Gasteiger partial charge in [-0.2, -0.15) is 0 Å². The van der Waals surface area contributed by atoms with Gasteiger partial charge < -0.3 is 15.2 Å². The average molecular weight is 360 g/mol. The first-order valence-corrected chi connectivity index (χ1v) is 9.80. The second-order valence-corrected chi connectivity index (χ2v) is 8.61. The number of aliphatic hydroxyl groups excluding tert-OH is 1. The van der Waals surface area contributed by atoms with Gasteiger partial charge in [-0.15, -0.1) is 0 Å². The van der Waals surface area contributed by atoms with Gasteiger partial charge in [0.2, 0.25) is 0 Å². The van der Waals surface area contributed by atoms with Gasteiger partial charge in [0.1, 0.15) is 6.10 Å². The van der Waals surface area contributed by atoms with E-state index >= 15 is 0 Å². The van der Waals surface area contributed by atoms with Crippen molar-refractivity contribution >= 4 is 6.09 Å². The summed E-state index contributed by atoms with van der Waals surface area (Å²) in [5.74, 6) is 0.239. The first kappa shape index (κ1) is 19.2. The smallest absolute Gasteiger partial charge is 0.410 e. The van der Waals surface area contributed by atoms with Crippen molar-refractivity contribution < 1.29 is 14.6 Å². The molecule has 5 heteroatoms. The molecule has 1 saturated carbocycles. The molecule has 1 aromatic carbocycles.